The molecule has 0 spiro atoms. The number of hydrogen-bond donors (Lipinski definition) is 0. The summed E-state index contributed by atoms with van der Waals surface area (Å²) in [4.78, 5) is 33.7. The molecule has 0 aliphatic carbocycles. The van der Waals surface area contributed by atoms with Crippen molar-refractivity contribution in [3.8, 4) is 5.75 Å². The van der Waals surface area contributed by atoms with Gasteiger partial charge < -0.3 is 14.2 Å². The number of rotatable bonds is 6. The number of alkyl halides is 3. The summed E-state index contributed by atoms with van der Waals surface area (Å²) in [5, 5.41) is 0. The first-order chi connectivity index (χ1) is 14.8. The van der Waals surface area contributed by atoms with Crippen LogP contribution < -0.4 is 9.64 Å². The predicted molar refractivity (Wildman–Crippen MR) is 111 cm³/mol. The van der Waals surface area contributed by atoms with Gasteiger partial charge in [-0.2, -0.15) is 0 Å². The predicted octanol–water partition coefficient (Wildman–Crippen LogP) is 5.26. The molecule has 174 valence electrons. The number of hydrogen-bond acceptors (Lipinski definition) is 7. The Morgan fingerprint density at radius 2 is 1.72 bits per heavy atom. The second-order valence-corrected chi connectivity index (χ2v) is 8.32. The van der Waals surface area contributed by atoms with Gasteiger partial charge in [0.2, 0.25) is 5.95 Å². The molecule has 2 rings (SSSR count). The minimum atomic E-state index is -4.88. The van der Waals surface area contributed by atoms with Crippen LogP contribution in [0.4, 0.5) is 23.9 Å². The van der Waals surface area contributed by atoms with E-state index < -0.39 is 29.8 Å². The van der Waals surface area contributed by atoms with Crippen LogP contribution in [0, 0.1) is 0 Å². The maximum atomic E-state index is 12.8. The van der Waals surface area contributed by atoms with E-state index in [2.05, 4.69) is 30.6 Å². The molecule has 0 radical (unpaired) electrons. The van der Waals surface area contributed by atoms with Gasteiger partial charge in [0.25, 0.3) is 0 Å². The average molecular weight is 520 g/mol. The maximum Gasteiger partial charge on any atom is 0.573 e. The molecule has 1 aromatic carbocycles. The average Bonchev–Trinajstić information content (AvgIpc) is 2.63. The first-order valence-corrected chi connectivity index (χ1v) is 10.1. The molecule has 12 heteroatoms. The fraction of sp³-hybridized carbons (Fsp3) is 0.400. The number of benzene rings is 1. The number of ether oxygens (including phenoxy) is 3. The van der Waals surface area contributed by atoms with Gasteiger partial charge in [-0.3, -0.25) is 0 Å². The van der Waals surface area contributed by atoms with Crippen molar-refractivity contribution in [1.82, 2.24) is 9.97 Å². The minimum absolute atomic E-state index is 0.0723. The molecule has 1 aromatic heterocycles. The van der Waals surface area contributed by atoms with Crippen molar-refractivity contribution in [2.45, 2.75) is 46.2 Å². The highest BCUT2D eigenvalue weighted by atomic mass is 79.9. The molecule has 0 saturated carbocycles. The summed E-state index contributed by atoms with van der Waals surface area (Å²) in [5.41, 5.74) is -0.507. The van der Waals surface area contributed by atoms with Crippen molar-refractivity contribution in [2.75, 3.05) is 11.5 Å². The Bertz CT molecular complexity index is 962. The van der Waals surface area contributed by atoms with Crippen molar-refractivity contribution in [1.29, 1.82) is 0 Å². The van der Waals surface area contributed by atoms with Gasteiger partial charge in [0.05, 0.1) is 18.7 Å². The van der Waals surface area contributed by atoms with Crippen molar-refractivity contribution >= 4 is 33.9 Å². The van der Waals surface area contributed by atoms with Crippen molar-refractivity contribution < 1.29 is 37.0 Å². The number of aromatic nitrogens is 2. The topological polar surface area (TPSA) is 90.8 Å². The molecule has 0 aliphatic heterocycles. The van der Waals surface area contributed by atoms with E-state index in [0.717, 1.165) is 17.0 Å². The summed E-state index contributed by atoms with van der Waals surface area (Å²) in [6.45, 7) is 6.54. The van der Waals surface area contributed by atoms with E-state index in [9.17, 15) is 22.8 Å². The monoisotopic (exact) mass is 519 g/mol. The molecule has 32 heavy (non-hydrogen) atoms. The Balaban J connectivity index is 2.38. The van der Waals surface area contributed by atoms with Crippen LogP contribution in [-0.2, 0) is 16.0 Å². The molecule has 0 bridgehead atoms. The molecule has 2 aromatic rings. The lowest BCUT2D eigenvalue weighted by Gasteiger charge is -2.26. The summed E-state index contributed by atoms with van der Waals surface area (Å²) in [6, 6.07) is 3.77. The molecular formula is C20H21BrF3N3O5. The van der Waals surface area contributed by atoms with E-state index in [1.165, 1.54) is 18.5 Å². The molecule has 0 saturated heterocycles. The van der Waals surface area contributed by atoms with Crippen molar-refractivity contribution in [3.05, 3.63) is 46.2 Å². The third-order valence-electron chi connectivity index (χ3n) is 3.51. The van der Waals surface area contributed by atoms with Crippen LogP contribution in [0.3, 0.4) is 0 Å². The Kier molecular flexibility index (Phi) is 8.05. The largest absolute Gasteiger partial charge is 0.573 e. The third-order valence-corrected chi connectivity index (χ3v) is 3.97. The Hall–Kier alpha value is -2.89. The number of carbonyl (C=O) groups excluding carboxylic acids is 2. The van der Waals surface area contributed by atoms with Crippen LogP contribution in [-0.4, -0.2) is 40.6 Å². The van der Waals surface area contributed by atoms with Gasteiger partial charge in [0.1, 0.15) is 11.4 Å². The normalized spacial score (nSPS) is 11.6. The van der Waals surface area contributed by atoms with Crippen LogP contribution in [0.2, 0.25) is 0 Å². The molecule has 1 heterocycles. The van der Waals surface area contributed by atoms with Crippen molar-refractivity contribution in [3.63, 3.8) is 0 Å². The first-order valence-electron chi connectivity index (χ1n) is 9.32. The number of carbonyl (C=O) groups is 2. The van der Waals surface area contributed by atoms with Gasteiger partial charge in [-0.1, -0.05) is 15.9 Å². The molecule has 0 N–H and O–H groups in total. The van der Waals surface area contributed by atoms with E-state index in [1.54, 1.807) is 27.7 Å². The van der Waals surface area contributed by atoms with E-state index >= 15 is 0 Å². The molecule has 8 nitrogen and oxygen atoms in total. The van der Waals surface area contributed by atoms with Crippen LogP contribution >= 0.6 is 15.9 Å². The molecule has 0 aliphatic rings. The standard InChI is InChI=1S/C20H21BrF3N3O5/c1-5-30-16(28)13-9-25-17(26-10-13)27(18(29)32-19(2,3)4)11-12-6-14(21)8-15(7-12)31-20(22,23)24/h6-10H,5,11H2,1-4H3. The minimum Gasteiger partial charge on any atom is -0.462 e. The van der Waals surface area contributed by atoms with Gasteiger partial charge in [-0.15, -0.1) is 13.2 Å². The molecule has 0 unspecified atom stereocenters. The Morgan fingerprint density at radius 3 is 2.25 bits per heavy atom. The molecular weight excluding hydrogens is 499 g/mol. The van der Waals surface area contributed by atoms with Gasteiger partial charge in [-0.05, 0) is 51.5 Å². The summed E-state index contributed by atoms with van der Waals surface area (Å²) in [5.74, 6) is -1.22. The maximum absolute atomic E-state index is 12.8. The zero-order valence-corrected chi connectivity index (χ0v) is 19.3. The van der Waals surface area contributed by atoms with Gasteiger partial charge >= 0.3 is 18.4 Å². The zero-order valence-electron chi connectivity index (χ0n) is 17.7. The highest BCUT2D eigenvalue weighted by Gasteiger charge is 2.32. The van der Waals surface area contributed by atoms with Crippen LogP contribution in [0.15, 0.2) is 35.1 Å². The third kappa shape index (κ3) is 7.98. The SMILES string of the molecule is CCOC(=O)c1cnc(N(Cc2cc(Br)cc(OC(F)(F)F)c2)C(=O)OC(C)(C)C)nc1. The first kappa shape index (κ1) is 25.4. The lowest BCUT2D eigenvalue weighted by Crippen LogP contribution is -2.37. The fourth-order valence-corrected chi connectivity index (χ4v) is 2.92. The Morgan fingerprint density at radius 1 is 1.09 bits per heavy atom. The summed E-state index contributed by atoms with van der Waals surface area (Å²) >= 11 is 3.13. The van der Waals surface area contributed by atoms with Gasteiger partial charge in [0.15, 0.2) is 0 Å². The highest BCUT2D eigenvalue weighted by Crippen LogP contribution is 2.28. The van der Waals surface area contributed by atoms with Gasteiger partial charge in [0, 0.05) is 16.9 Å². The lowest BCUT2D eigenvalue weighted by atomic mass is 10.2. The van der Waals surface area contributed by atoms with Crippen molar-refractivity contribution in [2.24, 2.45) is 0 Å². The number of anilines is 1. The molecule has 0 fully saturated rings. The number of esters is 1. The molecule has 0 atom stereocenters. The Labute approximate surface area is 190 Å². The quantitative estimate of drug-likeness (QED) is 0.481. The van der Waals surface area contributed by atoms with Crippen LogP contribution in [0.5, 0.6) is 5.75 Å². The number of halogens is 4. The smallest absolute Gasteiger partial charge is 0.462 e. The van der Waals surface area contributed by atoms with E-state index in [-0.39, 0.29) is 30.2 Å². The molecule has 1 amide bonds. The number of nitrogens with zero attached hydrogens (tertiary/aromatic N) is 3. The highest BCUT2D eigenvalue weighted by molar-refractivity contribution is 9.10. The van der Waals surface area contributed by atoms with Crippen LogP contribution in [0.1, 0.15) is 43.6 Å². The zero-order chi connectivity index (χ0) is 24.1. The summed E-state index contributed by atoms with van der Waals surface area (Å²) < 4.78 is 52.4. The van der Waals surface area contributed by atoms with E-state index in [4.69, 9.17) is 9.47 Å². The second-order valence-electron chi connectivity index (χ2n) is 7.40. The summed E-state index contributed by atoms with van der Waals surface area (Å²) in [7, 11) is 0. The van der Waals surface area contributed by atoms with E-state index in [0.29, 0.717) is 4.47 Å². The van der Waals surface area contributed by atoms with E-state index in [1.807, 2.05) is 0 Å². The second kappa shape index (κ2) is 10.2. The van der Waals surface area contributed by atoms with Crippen LogP contribution in [0.25, 0.3) is 0 Å². The van der Waals surface area contributed by atoms with Gasteiger partial charge in [-0.25, -0.2) is 24.5 Å². The summed E-state index contributed by atoms with van der Waals surface area (Å²) in [6.07, 6.45) is -3.36. The number of amides is 1. The lowest BCUT2D eigenvalue weighted by molar-refractivity contribution is -0.274. The fourth-order valence-electron chi connectivity index (χ4n) is 2.40.